The highest BCUT2D eigenvalue weighted by Crippen LogP contribution is 2.08. The molecule has 0 fully saturated rings. The molecule has 6 heteroatoms. The van der Waals surface area contributed by atoms with Crippen LogP contribution in [-0.2, 0) is 0 Å². The van der Waals surface area contributed by atoms with Gasteiger partial charge in [-0.25, -0.2) is 0 Å². The van der Waals surface area contributed by atoms with Crippen molar-refractivity contribution in [2.45, 2.75) is 13.8 Å². The second kappa shape index (κ2) is 5.24. The zero-order valence-corrected chi connectivity index (χ0v) is 13.2. The molecule has 0 saturated carbocycles. The molecule has 0 aliphatic carbocycles. The molecule has 0 unspecified atom stereocenters. The molecule has 1 aromatic rings. The Morgan fingerprint density at radius 3 is 1.29 bits per heavy atom. The monoisotopic (exact) mass is 302 g/mol. The first-order valence-electron chi connectivity index (χ1n) is 4.10. The summed E-state index contributed by atoms with van der Waals surface area (Å²) in [7, 11) is -3.55. The summed E-state index contributed by atoms with van der Waals surface area (Å²) >= 11 is 23.8. The SMILES string of the molecule is Cc1cc([SiH](Cl)Cl)c(C)cc1[SiH](Cl)Cl. The Hall–Kier alpha value is 0.814. The minimum Gasteiger partial charge on any atom is -0.144 e. The van der Waals surface area contributed by atoms with Crippen molar-refractivity contribution in [3.63, 3.8) is 0 Å². The molecule has 0 radical (unpaired) electrons. The van der Waals surface area contributed by atoms with Crippen LogP contribution in [0.2, 0.25) is 0 Å². The predicted octanol–water partition coefficient (Wildman–Crippen LogP) is 2.11. The van der Waals surface area contributed by atoms with Crippen LogP contribution in [0.3, 0.4) is 0 Å². The van der Waals surface area contributed by atoms with Gasteiger partial charge in [-0.2, -0.15) is 0 Å². The standard InChI is InChI=1S/C8H10Cl4Si2/c1-5-3-8(14(11)12)6(2)4-7(5)13(9)10/h3-4,13-14H,1-2H3. The van der Waals surface area contributed by atoms with Gasteiger partial charge < -0.3 is 0 Å². The van der Waals surface area contributed by atoms with Crippen molar-refractivity contribution in [2.24, 2.45) is 0 Å². The van der Waals surface area contributed by atoms with E-state index in [1.807, 2.05) is 26.0 Å². The van der Waals surface area contributed by atoms with Crippen molar-refractivity contribution < 1.29 is 0 Å². The van der Waals surface area contributed by atoms with Crippen LogP contribution in [-0.4, -0.2) is 14.8 Å². The molecule has 0 amide bonds. The summed E-state index contributed by atoms with van der Waals surface area (Å²) in [5.41, 5.74) is 2.21. The number of halogens is 4. The van der Waals surface area contributed by atoms with Crippen LogP contribution in [0.5, 0.6) is 0 Å². The van der Waals surface area contributed by atoms with E-state index >= 15 is 0 Å². The van der Waals surface area contributed by atoms with E-state index in [4.69, 9.17) is 44.3 Å². The van der Waals surface area contributed by atoms with E-state index in [1.54, 1.807) is 0 Å². The zero-order valence-electron chi connectivity index (χ0n) is 7.82. The number of aryl methyl sites for hydroxylation is 2. The van der Waals surface area contributed by atoms with Crippen molar-refractivity contribution in [3.05, 3.63) is 23.3 Å². The van der Waals surface area contributed by atoms with Gasteiger partial charge in [0.1, 0.15) is 0 Å². The first-order chi connectivity index (χ1) is 6.43. The van der Waals surface area contributed by atoms with Gasteiger partial charge in [-0.15, -0.1) is 44.3 Å². The second-order valence-electron chi connectivity index (χ2n) is 3.17. The maximum absolute atomic E-state index is 5.96. The van der Waals surface area contributed by atoms with E-state index < -0.39 is 14.8 Å². The van der Waals surface area contributed by atoms with Gasteiger partial charge in [0, 0.05) is 0 Å². The Morgan fingerprint density at radius 1 is 0.786 bits per heavy atom. The lowest BCUT2D eigenvalue weighted by atomic mass is 10.2. The Bertz CT molecular complexity index is 305. The van der Waals surface area contributed by atoms with Crippen molar-refractivity contribution in [3.8, 4) is 0 Å². The molecule has 0 spiro atoms. The first kappa shape index (κ1) is 12.9. The van der Waals surface area contributed by atoms with Gasteiger partial charge in [-0.3, -0.25) is 0 Å². The maximum Gasteiger partial charge on any atom is 0.266 e. The molecule has 0 heterocycles. The van der Waals surface area contributed by atoms with Crippen LogP contribution in [0.15, 0.2) is 12.1 Å². The van der Waals surface area contributed by atoms with Crippen molar-refractivity contribution >= 4 is 69.5 Å². The van der Waals surface area contributed by atoms with Crippen LogP contribution in [0.1, 0.15) is 11.1 Å². The van der Waals surface area contributed by atoms with E-state index in [0.29, 0.717) is 0 Å². The fourth-order valence-electron chi connectivity index (χ4n) is 1.33. The van der Waals surface area contributed by atoms with Crippen molar-refractivity contribution in [1.82, 2.24) is 0 Å². The van der Waals surface area contributed by atoms with Gasteiger partial charge in [0.05, 0.1) is 0 Å². The lowest BCUT2D eigenvalue weighted by Crippen LogP contribution is -2.30. The van der Waals surface area contributed by atoms with Gasteiger partial charge in [0.2, 0.25) is 0 Å². The molecule has 0 aromatic heterocycles. The molecular weight excluding hydrogens is 294 g/mol. The summed E-state index contributed by atoms with van der Waals surface area (Å²) in [6.07, 6.45) is 0. The molecule has 0 aliphatic rings. The molecule has 1 aromatic carbocycles. The summed E-state index contributed by atoms with van der Waals surface area (Å²) in [6, 6.07) is 4.04. The molecule has 0 nitrogen and oxygen atoms in total. The summed E-state index contributed by atoms with van der Waals surface area (Å²) in [5.74, 6) is 0. The number of benzene rings is 1. The van der Waals surface area contributed by atoms with E-state index in [2.05, 4.69) is 0 Å². The fourth-order valence-corrected chi connectivity index (χ4v) is 5.76. The Kier molecular flexibility index (Phi) is 4.82. The molecule has 78 valence electrons. The molecule has 0 bridgehead atoms. The van der Waals surface area contributed by atoms with E-state index in [1.165, 1.54) is 0 Å². The average molecular weight is 304 g/mol. The molecule has 1 rings (SSSR count). The highest BCUT2D eigenvalue weighted by Gasteiger charge is 2.15. The summed E-state index contributed by atoms with van der Waals surface area (Å²) < 4.78 is 0. The quantitative estimate of drug-likeness (QED) is 0.580. The molecule has 0 N–H and O–H groups in total. The van der Waals surface area contributed by atoms with Gasteiger partial charge in [-0.1, -0.05) is 12.1 Å². The highest BCUT2D eigenvalue weighted by atomic mass is 35.7. The largest absolute Gasteiger partial charge is 0.266 e. The maximum atomic E-state index is 5.96. The summed E-state index contributed by atoms with van der Waals surface area (Å²) in [6.45, 7) is 3.99. The van der Waals surface area contributed by atoms with Gasteiger partial charge in [-0.05, 0) is 35.3 Å². The smallest absolute Gasteiger partial charge is 0.144 e. The first-order valence-corrected chi connectivity index (χ1v) is 12.2. The number of hydrogen-bond donors (Lipinski definition) is 0. The second-order valence-corrected chi connectivity index (χ2v) is 12.2. The average Bonchev–Trinajstić information content (AvgIpc) is 2.07. The summed E-state index contributed by atoms with van der Waals surface area (Å²) in [5, 5.41) is 2.13. The molecule has 14 heavy (non-hydrogen) atoms. The normalized spacial score (nSPS) is 11.4. The Balaban J connectivity index is 3.24. The molecule has 0 aliphatic heterocycles. The Labute approximate surface area is 106 Å². The van der Waals surface area contributed by atoms with Gasteiger partial charge in [0.25, 0.3) is 14.8 Å². The van der Waals surface area contributed by atoms with Crippen LogP contribution >= 0.6 is 44.3 Å². The van der Waals surface area contributed by atoms with Crippen molar-refractivity contribution in [2.75, 3.05) is 0 Å². The van der Waals surface area contributed by atoms with E-state index in [-0.39, 0.29) is 0 Å². The topological polar surface area (TPSA) is 0 Å². The van der Waals surface area contributed by atoms with Crippen LogP contribution in [0.4, 0.5) is 0 Å². The third-order valence-corrected chi connectivity index (χ3v) is 7.13. The number of hydrogen-bond acceptors (Lipinski definition) is 0. The fraction of sp³-hybridized carbons (Fsp3) is 0.250. The lowest BCUT2D eigenvalue weighted by Gasteiger charge is -2.11. The van der Waals surface area contributed by atoms with Crippen LogP contribution < -0.4 is 10.4 Å². The van der Waals surface area contributed by atoms with Gasteiger partial charge >= 0.3 is 0 Å². The van der Waals surface area contributed by atoms with E-state index in [0.717, 1.165) is 21.5 Å². The molecular formula is C8H10Cl4Si2. The zero-order chi connectivity index (χ0) is 10.9. The highest BCUT2D eigenvalue weighted by molar-refractivity contribution is 7.40. The predicted molar refractivity (Wildman–Crippen MR) is 72.9 cm³/mol. The third kappa shape index (κ3) is 2.90. The summed E-state index contributed by atoms with van der Waals surface area (Å²) in [4.78, 5) is 0. The minimum absolute atomic E-state index is 1.07. The van der Waals surface area contributed by atoms with Crippen LogP contribution in [0.25, 0.3) is 0 Å². The van der Waals surface area contributed by atoms with Gasteiger partial charge in [0.15, 0.2) is 0 Å². The molecule has 0 atom stereocenters. The molecule has 0 saturated heterocycles. The van der Waals surface area contributed by atoms with E-state index in [9.17, 15) is 0 Å². The van der Waals surface area contributed by atoms with Crippen molar-refractivity contribution in [1.29, 1.82) is 0 Å². The minimum atomic E-state index is -1.77. The van der Waals surface area contributed by atoms with Crippen LogP contribution in [0, 0.1) is 13.8 Å². The lowest BCUT2D eigenvalue weighted by molar-refractivity contribution is 1.46. The third-order valence-electron chi connectivity index (χ3n) is 2.12. The Morgan fingerprint density at radius 2 is 1.07 bits per heavy atom. The number of rotatable bonds is 2.